The Hall–Kier alpha value is -3.36. The quantitative estimate of drug-likeness (QED) is 0.658. The second-order valence-corrected chi connectivity index (χ2v) is 7.11. The van der Waals surface area contributed by atoms with Gasteiger partial charge in [0.1, 0.15) is 5.75 Å². The third kappa shape index (κ3) is 4.97. The summed E-state index contributed by atoms with van der Waals surface area (Å²) in [7, 11) is 0. The van der Waals surface area contributed by atoms with Crippen LogP contribution in [0.15, 0.2) is 53.3 Å². The average Bonchev–Trinajstić information content (AvgIpc) is 2.68. The summed E-state index contributed by atoms with van der Waals surface area (Å²) in [6.07, 6.45) is -4.84. The minimum absolute atomic E-state index is 0.0278. The first-order chi connectivity index (χ1) is 14.2. The molecule has 0 saturated heterocycles. The van der Waals surface area contributed by atoms with Gasteiger partial charge in [-0.25, -0.2) is 4.68 Å². The number of halogens is 3. The monoisotopic (exact) mass is 419 g/mol. The molecule has 3 rings (SSSR count). The first-order valence-corrected chi connectivity index (χ1v) is 9.27. The van der Waals surface area contributed by atoms with Crippen LogP contribution in [0.2, 0.25) is 0 Å². The molecule has 0 spiro atoms. The largest absolute Gasteiger partial charge is 0.573 e. The zero-order chi connectivity index (χ0) is 21.9. The molecule has 0 bridgehead atoms. The lowest BCUT2D eigenvalue weighted by Crippen LogP contribution is -2.31. The topological polar surface area (TPSA) is 73.2 Å². The van der Waals surface area contributed by atoms with E-state index in [0.717, 1.165) is 0 Å². The van der Waals surface area contributed by atoms with Crippen molar-refractivity contribution in [1.29, 1.82) is 0 Å². The van der Waals surface area contributed by atoms with Crippen molar-refractivity contribution in [3.8, 4) is 5.75 Å². The van der Waals surface area contributed by atoms with Crippen molar-refractivity contribution < 1.29 is 22.7 Å². The van der Waals surface area contributed by atoms with E-state index in [1.807, 2.05) is 13.8 Å². The van der Waals surface area contributed by atoms with Crippen LogP contribution in [0.4, 0.5) is 13.2 Å². The number of hydrogen-bond donors (Lipinski definition) is 1. The maximum absolute atomic E-state index is 12.8. The van der Waals surface area contributed by atoms with E-state index in [9.17, 15) is 22.8 Å². The van der Waals surface area contributed by atoms with Crippen LogP contribution in [-0.2, 0) is 13.1 Å². The van der Waals surface area contributed by atoms with E-state index in [2.05, 4.69) is 15.2 Å². The first kappa shape index (κ1) is 21.4. The molecule has 0 aliphatic heterocycles. The smallest absolute Gasteiger partial charge is 0.405 e. The summed E-state index contributed by atoms with van der Waals surface area (Å²) in [6, 6.07) is 12.1. The highest BCUT2D eigenvalue weighted by Crippen LogP contribution is 2.26. The molecule has 2 aromatic carbocycles. The Morgan fingerprint density at radius 3 is 2.40 bits per heavy atom. The Morgan fingerprint density at radius 1 is 1.10 bits per heavy atom. The Balaban J connectivity index is 1.91. The molecular formula is C21H20F3N3O3. The molecule has 0 fully saturated rings. The molecule has 0 saturated carbocycles. The Bertz CT molecular complexity index is 1120. The fourth-order valence-corrected chi connectivity index (χ4v) is 3.01. The molecule has 158 valence electrons. The van der Waals surface area contributed by atoms with Crippen molar-refractivity contribution in [2.75, 3.05) is 0 Å². The van der Waals surface area contributed by atoms with Gasteiger partial charge in [0, 0.05) is 24.0 Å². The molecule has 1 amide bonds. The number of ether oxygens (including phenoxy) is 1. The van der Waals surface area contributed by atoms with Crippen LogP contribution in [0.25, 0.3) is 10.8 Å². The van der Waals surface area contributed by atoms with E-state index in [4.69, 9.17) is 0 Å². The zero-order valence-corrected chi connectivity index (χ0v) is 16.4. The molecule has 1 N–H and O–H groups in total. The van der Waals surface area contributed by atoms with Crippen molar-refractivity contribution in [1.82, 2.24) is 15.1 Å². The van der Waals surface area contributed by atoms with Crippen molar-refractivity contribution in [2.45, 2.75) is 33.3 Å². The summed E-state index contributed by atoms with van der Waals surface area (Å²) >= 11 is 0. The third-order valence-electron chi connectivity index (χ3n) is 4.26. The highest BCUT2D eigenvalue weighted by molar-refractivity contribution is 6.04. The van der Waals surface area contributed by atoms with Crippen LogP contribution in [-0.4, -0.2) is 22.1 Å². The van der Waals surface area contributed by atoms with Gasteiger partial charge in [-0.1, -0.05) is 50.2 Å². The van der Waals surface area contributed by atoms with Crippen LogP contribution in [0.5, 0.6) is 5.75 Å². The number of rotatable bonds is 6. The molecule has 0 aliphatic carbocycles. The molecule has 0 unspecified atom stereocenters. The molecular weight excluding hydrogens is 399 g/mol. The van der Waals surface area contributed by atoms with Gasteiger partial charge in [0.25, 0.3) is 11.5 Å². The number of carbonyl (C=O) groups excluding carboxylic acids is 1. The number of para-hydroxylation sites is 1. The van der Waals surface area contributed by atoms with Crippen molar-refractivity contribution in [3.63, 3.8) is 0 Å². The van der Waals surface area contributed by atoms with Crippen LogP contribution in [0.3, 0.4) is 0 Å². The number of aromatic nitrogens is 2. The molecule has 0 radical (unpaired) electrons. The number of alkyl halides is 3. The van der Waals surface area contributed by atoms with E-state index in [1.165, 1.54) is 22.9 Å². The van der Waals surface area contributed by atoms with Gasteiger partial charge in [-0.3, -0.25) is 9.59 Å². The number of amides is 1. The van der Waals surface area contributed by atoms with Crippen LogP contribution in [0, 0.1) is 5.92 Å². The van der Waals surface area contributed by atoms with E-state index >= 15 is 0 Å². The Labute approximate surface area is 170 Å². The van der Waals surface area contributed by atoms with Gasteiger partial charge in [0.15, 0.2) is 5.69 Å². The van der Waals surface area contributed by atoms with Crippen LogP contribution < -0.4 is 15.6 Å². The van der Waals surface area contributed by atoms with Gasteiger partial charge >= 0.3 is 6.36 Å². The summed E-state index contributed by atoms with van der Waals surface area (Å²) < 4.78 is 43.0. The molecule has 3 aromatic rings. The Morgan fingerprint density at radius 2 is 1.73 bits per heavy atom. The minimum atomic E-state index is -4.84. The van der Waals surface area contributed by atoms with Crippen molar-refractivity contribution >= 4 is 16.7 Å². The molecule has 1 aromatic heterocycles. The molecule has 6 nitrogen and oxygen atoms in total. The van der Waals surface area contributed by atoms with Gasteiger partial charge < -0.3 is 10.1 Å². The van der Waals surface area contributed by atoms with Crippen molar-refractivity contribution in [2.24, 2.45) is 5.92 Å². The fourth-order valence-electron chi connectivity index (χ4n) is 3.01. The van der Waals surface area contributed by atoms with Gasteiger partial charge in [-0.2, -0.15) is 5.10 Å². The lowest BCUT2D eigenvalue weighted by Gasteiger charge is -2.15. The van der Waals surface area contributed by atoms with E-state index in [0.29, 0.717) is 17.3 Å². The van der Waals surface area contributed by atoms with E-state index in [-0.39, 0.29) is 29.3 Å². The summed E-state index contributed by atoms with van der Waals surface area (Å²) in [5.74, 6) is -0.878. The average molecular weight is 419 g/mol. The number of benzene rings is 2. The molecule has 1 heterocycles. The summed E-state index contributed by atoms with van der Waals surface area (Å²) in [5, 5.41) is 7.51. The van der Waals surface area contributed by atoms with Crippen molar-refractivity contribution in [3.05, 3.63) is 70.1 Å². The fraction of sp³-hybridized carbons (Fsp3) is 0.286. The Kier molecular flexibility index (Phi) is 6.09. The van der Waals surface area contributed by atoms with Crippen LogP contribution in [0.1, 0.15) is 29.9 Å². The zero-order valence-electron chi connectivity index (χ0n) is 16.4. The maximum Gasteiger partial charge on any atom is 0.573 e. The minimum Gasteiger partial charge on any atom is -0.405 e. The number of carbonyl (C=O) groups is 1. The van der Waals surface area contributed by atoms with Gasteiger partial charge in [0.2, 0.25) is 0 Å². The predicted octanol–water partition coefficient (Wildman–Crippen LogP) is 3.88. The van der Waals surface area contributed by atoms with Crippen LogP contribution >= 0.6 is 0 Å². The number of nitrogens with one attached hydrogen (secondary N) is 1. The SMILES string of the molecule is CC(C)Cn1nc(C(=O)NCc2ccccc2OC(F)(F)F)c2ccccc2c1=O. The van der Waals surface area contributed by atoms with E-state index < -0.39 is 18.0 Å². The number of nitrogens with zero attached hydrogens (tertiary/aromatic N) is 2. The normalized spacial score (nSPS) is 11.7. The van der Waals surface area contributed by atoms with Gasteiger partial charge in [-0.15, -0.1) is 13.2 Å². The lowest BCUT2D eigenvalue weighted by atomic mass is 10.1. The molecule has 30 heavy (non-hydrogen) atoms. The summed E-state index contributed by atoms with van der Waals surface area (Å²) in [6.45, 7) is 3.96. The number of fused-ring (bicyclic) bond motifs is 1. The molecule has 0 atom stereocenters. The second kappa shape index (κ2) is 8.56. The lowest BCUT2D eigenvalue weighted by molar-refractivity contribution is -0.274. The highest BCUT2D eigenvalue weighted by Gasteiger charge is 2.32. The number of hydrogen-bond acceptors (Lipinski definition) is 4. The maximum atomic E-state index is 12.8. The second-order valence-electron chi connectivity index (χ2n) is 7.11. The van der Waals surface area contributed by atoms with Gasteiger partial charge in [0.05, 0.1) is 5.39 Å². The highest BCUT2D eigenvalue weighted by atomic mass is 19.4. The molecule has 0 aliphatic rings. The predicted molar refractivity (Wildman–Crippen MR) is 105 cm³/mol. The van der Waals surface area contributed by atoms with Gasteiger partial charge in [-0.05, 0) is 18.1 Å². The summed E-state index contributed by atoms with van der Waals surface area (Å²) in [5.41, 5.74) is -0.122. The molecule has 9 heteroatoms. The third-order valence-corrected chi connectivity index (χ3v) is 4.26. The first-order valence-electron chi connectivity index (χ1n) is 9.27. The summed E-state index contributed by atoms with van der Waals surface area (Å²) in [4.78, 5) is 25.5. The van der Waals surface area contributed by atoms with E-state index in [1.54, 1.807) is 30.3 Å². The standard InChI is InChI=1S/C21H20F3N3O3/c1-13(2)12-27-20(29)16-9-5-4-8-15(16)18(26-27)19(28)25-11-14-7-3-6-10-17(14)30-21(22,23)24/h3-10,13H,11-12H2,1-2H3,(H,25,28).